The van der Waals surface area contributed by atoms with Gasteiger partial charge in [-0.05, 0) is 12.8 Å². The Morgan fingerprint density at radius 2 is 1.75 bits per heavy atom. The van der Waals surface area contributed by atoms with E-state index in [1.165, 1.54) is 0 Å². The minimum atomic E-state index is 0. The maximum atomic E-state index is 5.55. The molecule has 1 heterocycles. The SMILES string of the molecule is NC1CCOCC1.[Pb]. The molecule has 3 heteroatoms. The van der Waals surface area contributed by atoms with Crippen molar-refractivity contribution in [2.75, 3.05) is 13.2 Å². The van der Waals surface area contributed by atoms with Crippen LogP contribution in [0.15, 0.2) is 0 Å². The first-order valence-electron chi connectivity index (χ1n) is 2.73. The van der Waals surface area contributed by atoms with Crippen molar-refractivity contribution in [2.24, 2.45) is 5.73 Å². The maximum Gasteiger partial charge on any atom is 0.0480 e. The van der Waals surface area contributed by atoms with Crippen LogP contribution in [0.4, 0.5) is 0 Å². The molecule has 0 saturated carbocycles. The average Bonchev–Trinajstić information content (AvgIpc) is 1.69. The molecule has 46 valence electrons. The van der Waals surface area contributed by atoms with Gasteiger partial charge in [-0.15, -0.1) is 0 Å². The Kier molecular flexibility index (Phi) is 5.19. The first-order chi connectivity index (χ1) is 3.39. The standard InChI is InChI=1S/C5H11NO.Pb/c6-5-1-3-7-4-2-5;/h5H,1-4,6H2;. The van der Waals surface area contributed by atoms with Crippen LogP contribution in [0.3, 0.4) is 0 Å². The monoisotopic (exact) mass is 309 g/mol. The van der Waals surface area contributed by atoms with Crippen LogP contribution >= 0.6 is 0 Å². The number of hydrogen-bond donors (Lipinski definition) is 1. The molecule has 2 N–H and O–H groups in total. The summed E-state index contributed by atoms with van der Waals surface area (Å²) in [5.41, 5.74) is 5.55. The van der Waals surface area contributed by atoms with Crippen molar-refractivity contribution in [3.05, 3.63) is 0 Å². The molecular weight excluding hydrogens is 297 g/mol. The predicted octanol–water partition coefficient (Wildman–Crippen LogP) is -0.257. The third kappa shape index (κ3) is 2.99. The summed E-state index contributed by atoms with van der Waals surface area (Å²) in [6.45, 7) is 1.72. The number of rotatable bonds is 0. The smallest absolute Gasteiger partial charge is 0.0480 e. The molecule has 0 aliphatic carbocycles. The zero-order valence-electron chi connectivity index (χ0n) is 4.89. The quantitative estimate of drug-likeness (QED) is 0.626. The van der Waals surface area contributed by atoms with Crippen molar-refractivity contribution in [2.45, 2.75) is 18.9 Å². The molecule has 0 spiro atoms. The molecule has 0 aromatic rings. The van der Waals surface area contributed by atoms with E-state index in [2.05, 4.69) is 0 Å². The number of ether oxygens (including phenoxy) is 1. The summed E-state index contributed by atoms with van der Waals surface area (Å²) in [6.07, 6.45) is 2.08. The molecule has 1 aliphatic rings. The Labute approximate surface area is 69.9 Å². The van der Waals surface area contributed by atoms with E-state index in [0.29, 0.717) is 6.04 Å². The van der Waals surface area contributed by atoms with E-state index in [4.69, 9.17) is 10.5 Å². The summed E-state index contributed by atoms with van der Waals surface area (Å²) in [7, 11) is 0. The van der Waals surface area contributed by atoms with E-state index in [-0.39, 0.29) is 27.3 Å². The summed E-state index contributed by atoms with van der Waals surface area (Å²) in [5, 5.41) is 0. The van der Waals surface area contributed by atoms with Crippen LogP contribution in [0.5, 0.6) is 0 Å². The average molecular weight is 308 g/mol. The molecule has 2 nitrogen and oxygen atoms in total. The first-order valence-corrected chi connectivity index (χ1v) is 2.73. The molecule has 0 bridgehead atoms. The second kappa shape index (κ2) is 4.70. The Morgan fingerprint density at radius 3 is 2.00 bits per heavy atom. The van der Waals surface area contributed by atoms with Crippen LogP contribution in [0, 0.1) is 0 Å². The van der Waals surface area contributed by atoms with Crippen LogP contribution in [0.25, 0.3) is 0 Å². The molecular formula is C5H11NOPb. The molecule has 1 rings (SSSR count). The molecule has 0 amide bonds. The van der Waals surface area contributed by atoms with Gasteiger partial charge in [-0.1, -0.05) is 0 Å². The van der Waals surface area contributed by atoms with E-state index in [1.807, 2.05) is 0 Å². The van der Waals surface area contributed by atoms with Gasteiger partial charge >= 0.3 is 0 Å². The summed E-state index contributed by atoms with van der Waals surface area (Å²) in [5.74, 6) is 0. The van der Waals surface area contributed by atoms with Crippen molar-refractivity contribution < 1.29 is 4.74 Å². The van der Waals surface area contributed by atoms with E-state index in [9.17, 15) is 0 Å². The summed E-state index contributed by atoms with van der Waals surface area (Å²) >= 11 is 0. The minimum Gasteiger partial charge on any atom is -0.381 e. The topological polar surface area (TPSA) is 35.2 Å². The van der Waals surface area contributed by atoms with Gasteiger partial charge in [0.15, 0.2) is 0 Å². The zero-order valence-corrected chi connectivity index (χ0v) is 8.78. The van der Waals surface area contributed by atoms with Gasteiger partial charge in [-0.3, -0.25) is 0 Å². The fraction of sp³-hybridized carbons (Fsp3) is 1.00. The van der Waals surface area contributed by atoms with Gasteiger partial charge in [0.25, 0.3) is 0 Å². The molecule has 0 atom stereocenters. The van der Waals surface area contributed by atoms with E-state index < -0.39 is 0 Å². The second-order valence-corrected chi connectivity index (χ2v) is 1.95. The van der Waals surface area contributed by atoms with Gasteiger partial charge in [0.1, 0.15) is 0 Å². The van der Waals surface area contributed by atoms with Crippen molar-refractivity contribution in [1.82, 2.24) is 0 Å². The third-order valence-electron chi connectivity index (χ3n) is 1.27. The van der Waals surface area contributed by atoms with Gasteiger partial charge in [-0.2, -0.15) is 0 Å². The summed E-state index contributed by atoms with van der Waals surface area (Å²) in [6, 6.07) is 0.411. The molecule has 0 aromatic carbocycles. The molecule has 0 unspecified atom stereocenters. The van der Waals surface area contributed by atoms with Gasteiger partial charge in [0.2, 0.25) is 0 Å². The second-order valence-electron chi connectivity index (χ2n) is 1.95. The van der Waals surface area contributed by atoms with Crippen molar-refractivity contribution in [1.29, 1.82) is 0 Å². The van der Waals surface area contributed by atoms with Crippen LogP contribution in [0.1, 0.15) is 12.8 Å². The molecule has 1 fully saturated rings. The molecule has 4 radical (unpaired) electrons. The van der Waals surface area contributed by atoms with Crippen LogP contribution in [0.2, 0.25) is 0 Å². The van der Waals surface area contributed by atoms with Gasteiger partial charge in [-0.25, -0.2) is 0 Å². The normalized spacial score (nSPS) is 22.1. The largest absolute Gasteiger partial charge is 0.381 e. The Balaban J connectivity index is 0.000000490. The van der Waals surface area contributed by atoms with Crippen LogP contribution < -0.4 is 5.73 Å². The van der Waals surface area contributed by atoms with Crippen molar-refractivity contribution in [3.63, 3.8) is 0 Å². The summed E-state index contributed by atoms with van der Waals surface area (Å²) < 4.78 is 5.06. The van der Waals surface area contributed by atoms with Crippen LogP contribution in [-0.2, 0) is 4.74 Å². The van der Waals surface area contributed by atoms with Crippen molar-refractivity contribution >= 4 is 27.3 Å². The zero-order chi connectivity index (χ0) is 5.11. The molecule has 8 heavy (non-hydrogen) atoms. The Hall–Kier alpha value is 0.842. The minimum absolute atomic E-state index is 0. The Morgan fingerprint density at radius 1 is 1.25 bits per heavy atom. The van der Waals surface area contributed by atoms with E-state index >= 15 is 0 Å². The first kappa shape index (κ1) is 8.84. The third-order valence-corrected chi connectivity index (χ3v) is 1.27. The Bertz CT molecular complexity index is 54.4. The summed E-state index contributed by atoms with van der Waals surface area (Å²) in [4.78, 5) is 0. The van der Waals surface area contributed by atoms with Crippen LogP contribution in [-0.4, -0.2) is 46.6 Å². The molecule has 1 aliphatic heterocycles. The van der Waals surface area contributed by atoms with Gasteiger partial charge in [0, 0.05) is 46.6 Å². The number of nitrogens with two attached hydrogens (primary N) is 1. The van der Waals surface area contributed by atoms with E-state index in [1.54, 1.807) is 0 Å². The molecule has 1 saturated heterocycles. The fourth-order valence-electron chi connectivity index (χ4n) is 0.716. The predicted molar refractivity (Wildman–Crippen MR) is 33.8 cm³/mol. The molecule has 0 aromatic heterocycles. The van der Waals surface area contributed by atoms with E-state index in [0.717, 1.165) is 26.1 Å². The fourth-order valence-corrected chi connectivity index (χ4v) is 0.716. The number of hydrogen-bond acceptors (Lipinski definition) is 2. The van der Waals surface area contributed by atoms with Crippen molar-refractivity contribution in [3.8, 4) is 0 Å². The van der Waals surface area contributed by atoms with Gasteiger partial charge in [0.05, 0.1) is 0 Å². The maximum absolute atomic E-state index is 5.55. The van der Waals surface area contributed by atoms with Gasteiger partial charge < -0.3 is 10.5 Å².